The second-order valence-corrected chi connectivity index (χ2v) is 4.87. The second-order valence-electron chi connectivity index (χ2n) is 4.87. The van der Waals surface area contributed by atoms with Crippen molar-refractivity contribution in [2.45, 2.75) is 37.8 Å². The van der Waals surface area contributed by atoms with Crippen molar-refractivity contribution in [1.29, 1.82) is 0 Å². The van der Waals surface area contributed by atoms with Gasteiger partial charge in [0.2, 0.25) is 5.91 Å². The fourth-order valence-electron chi connectivity index (χ4n) is 2.76. The van der Waals surface area contributed by atoms with E-state index < -0.39 is 0 Å². The summed E-state index contributed by atoms with van der Waals surface area (Å²) in [6.07, 6.45) is 6.09. The molecule has 3 unspecified atom stereocenters. The van der Waals surface area contributed by atoms with E-state index in [0.29, 0.717) is 31.8 Å². The van der Waals surface area contributed by atoms with Crippen molar-refractivity contribution in [2.75, 3.05) is 19.8 Å². The van der Waals surface area contributed by atoms with Crippen LogP contribution in [0.2, 0.25) is 0 Å². The van der Waals surface area contributed by atoms with E-state index in [9.17, 15) is 4.79 Å². The molecule has 0 radical (unpaired) electrons. The van der Waals surface area contributed by atoms with E-state index in [1.807, 2.05) is 6.08 Å². The van der Waals surface area contributed by atoms with Gasteiger partial charge in [0.15, 0.2) is 0 Å². The van der Waals surface area contributed by atoms with Crippen LogP contribution in [-0.4, -0.2) is 37.7 Å². The van der Waals surface area contributed by atoms with Crippen molar-refractivity contribution in [3.63, 3.8) is 0 Å². The zero-order valence-electron chi connectivity index (χ0n) is 10.3. The molecule has 2 heterocycles. The highest BCUT2D eigenvalue weighted by molar-refractivity contribution is 5.80. The zero-order valence-corrected chi connectivity index (χ0v) is 10.3. The molecule has 2 bridgehead atoms. The third-order valence-electron chi connectivity index (χ3n) is 3.65. The van der Waals surface area contributed by atoms with Crippen molar-refractivity contribution in [1.82, 2.24) is 10.6 Å². The van der Waals surface area contributed by atoms with Crippen LogP contribution >= 0.6 is 0 Å². The van der Waals surface area contributed by atoms with Crippen LogP contribution in [0, 0.1) is 5.92 Å². The first kappa shape index (κ1) is 12.6. The van der Waals surface area contributed by atoms with Gasteiger partial charge in [0.1, 0.15) is 0 Å². The van der Waals surface area contributed by atoms with Gasteiger partial charge in [-0.05, 0) is 25.7 Å². The lowest BCUT2D eigenvalue weighted by atomic mass is 9.88. The topological polar surface area (TPSA) is 50.4 Å². The molecule has 2 N–H and O–H groups in total. The normalized spacial score (nSPS) is 30.5. The van der Waals surface area contributed by atoms with Crippen LogP contribution < -0.4 is 10.6 Å². The summed E-state index contributed by atoms with van der Waals surface area (Å²) in [6, 6.07) is 1.00. The molecule has 1 amide bonds. The molecular formula is C13H22N2O2. The first-order valence-electron chi connectivity index (χ1n) is 6.53. The molecule has 2 aliphatic heterocycles. The molecule has 17 heavy (non-hydrogen) atoms. The summed E-state index contributed by atoms with van der Waals surface area (Å²) in [6.45, 7) is 5.52. The van der Waals surface area contributed by atoms with Crippen molar-refractivity contribution in [2.24, 2.45) is 5.92 Å². The predicted molar refractivity (Wildman–Crippen MR) is 66.7 cm³/mol. The minimum Gasteiger partial charge on any atom is -0.379 e. The summed E-state index contributed by atoms with van der Waals surface area (Å²) in [4.78, 5) is 11.9. The Kier molecular flexibility index (Phi) is 4.57. The summed E-state index contributed by atoms with van der Waals surface area (Å²) in [5, 5.41) is 6.43. The predicted octanol–water partition coefficient (Wildman–Crippen LogP) is 0.836. The number of amides is 1. The molecule has 0 spiro atoms. The van der Waals surface area contributed by atoms with E-state index in [0.717, 1.165) is 19.3 Å². The highest BCUT2D eigenvalue weighted by Gasteiger charge is 2.42. The molecule has 2 rings (SSSR count). The fraction of sp³-hybridized carbons (Fsp3) is 0.769. The maximum atomic E-state index is 11.9. The maximum absolute atomic E-state index is 11.9. The molecule has 96 valence electrons. The van der Waals surface area contributed by atoms with Gasteiger partial charge in [-0.25, -0.2) is 0 Å². The fourth-order valence-corrected chi connectivity index (χ4v) is 2.76. The first-order valence-corrected chi connectivity index (χ1v) is 6.53. The molecule has 0 aliphatic carbocycles. The third-order valence-corrected chi connectivity index (χ3v) is 3.65. The molecule has 4 heteroatoms. The molecule has 0 aromatic rings. The summed E-state index contributed by atoms with van der Waals surface area (Å²) in [5.74, 6) is 0.374. The number of hydrogen-bond acceptors (Lipinski definition) is 3. The maximum Gasteiger partial charge on any atom is 0.224 e. The van der Waals surface area contributed by atoms with E-state index >= 15 is 0 Å². The lowest BCUT2D eigenvalue weighted by Crippen LogP contribution is -2.38. The molecule has 0 aromatic heterocycles. The zero-order chi connectivity index (χ0) is 12.1. The first-order chi connectivity index (χ1) is 8.31. The second kappa shape index (κ2) is 6.17. The molecular weight excluding hydrogens is 216 g/mol. The van der Waals surface area contributed by atoms with Crippen LogP contribution in [0.5, 0.6) is 0 Å². The van der Waals surface area contributed by atoms with Crippen molar-refractivity contribution in [3.05, 3.63) is 12.7 Å². The lowest BCUT2D eigenvalue weighted by molar-refractivity contribution is -0.125. The Balaban J connectivity index is 1.57. The summed E-state index contributed by atoms with van der Waals surface area (Å²) >= 11 is 0. The van der Waals surface area contributed by atoms with Gasteiger partial charge in [0, 0.05) is 18.6 Å². The summed E-state index contributed by atoms with van der Waals surface area (Å²) in [7, 11) is 0. The quantitative estimate of drug-likeness (QED) is 0.510. The standard InChI is InChI=1S/C13H22N2O2/c1-2-3-7-17-8-6-14-13(16)11-9-10-4-5-12(11)15-10/h2,10-12,15H,1,3-9H2,(H,14,16). The number of carbonyl (C=O) groups is 1. The summed E-state index contributed by atoms with van der Waals surface area (Å²) in [5.41, 5.74) is 0. The van der Waals surface area contributed by atoms with Gasteiger partial charge in [-0.3, -0.25) is 4.79 Å². The average Bonchev–Trinajstić information content (AvgIpc) is 2.95. The van der Waals surface area contributed by atoms with Gasteiger partial charge in [0.05, 0.1) is 19.1 Å². The number of carbonyl (C=O) groups excluding carboxylic acids is 1. The van der Waals surface area contributed by atoms with E-state index in [2.05, 4.69) is 17.2 Å². The average molecular weight is 238 g/mol. The van der Waals surface area contributed by atoms with Crippen LogP contribution in [0.1, 0.15) is 25.7 Å². The molecule has 2 fully saturated rings. The van der Waals surface area contributed by atoms with Gasteiger partial charge in [-0.2, -0.15) is 0 Å². The van der Waals surface area contributed by atoms with Crippen LogP contribution in [-0.2, 0) is 9.53 Å². The highest BCUT2D eigenvalue weighted by atomic mass is 16.5. The molecule has 3 atom stereocenters. The number of ether oxygens (including phenoxy) is 1. The summed E-state index contributed by atoms with van der Waals surface area (Å²) < 4.78 is 5.35. The van der Waals surface area contributed by atoms with Crippen LogP contribution in [0.15, 0.2) is 12.7 Å². The molecule has 2 saturated heterocycles. The third kappa shape index (κ3) is 3.30. The highest BCUT2D eigenvalue weighted by Crippen LogP contribution is 2.33. The Morgan fingerprint density at radius 1 is 1.47 bits per heavy atom. The minimum atomic E-state index is 0.182. The molecule has 0 saturated carbocycles. The number of rotatable bonds is 7. The minimum absolute atomic E-state index is 0.182. The Morgan fingerprint density at radius 2 is 2.35 bits per heavy atom. The largest absolute Gasteiger partial charge is 0.379 e. The van der Waals surface area contributed by atoms with Crippen molar-refractivity contribution in [3.8, 4) is 0 Å². The van der Waals surface area contributed by atoms with Gasteiger partial charge < -0.3 is 15.4 Å². The van der Waals surface area contributed by atoms with Crippen LogP contribution in [0.25, 0.3) is 0 Å². The van der Waals surface area contributed by atoms with E-state index in [1.165, 1.54) is 6.42 Å². The SMILES string of the molecule is C=CCCOCCNC(=O)C1CC2CCC1N2. The Morgan fingerprint density at radius 3 is 3.00 bits per heavy atom. The molecule has 2 aliphatic rings. The van der Waals surface area contributed by atoms with Crippen LogP contribution in [0.4, 0.5) is 0 Å². The smallest absolute Gasteiger partial charge is 0.224 e. The van der Waals surface area contributed by atoms with E-state index in [-0.39, 0.29) is 11.8 Å². The van der Waals surface area contributed by atoms with Gasteiger partial charge >= 0.3 is 0 Å². The Bertz CT molecular complexity index is 281. The van der Waals surface area contributed by atoms with E-state index in [4.69, 9.17) is 4.74 Å². The number of fused-ring (bicyclic) bond motifs is 2. The van der Waals surface area contributed by atoms with E-state index in [1.54, 1.807) is 0 Å². The monoisotopic (exact) mass is 238 g/mol. The van der Waals surface area contributed by atoms with Gasteiger partial charge in [-0.1, -0.05) is 6.08 Å². The van der Waals surface area contributed by atoms with Crippen molar-refractivity contribution < 1.29 is 9.53 Å². The number of nitrogens with one attached hydrogen (secondary N) is 2. The van der Waals surface area contributed by atoms with Crippen LogP contribution in [0.3, 0.4) is 0 Å². The lowest BCUT2D eigenvalue weighted by Gasteiger charge is -2.19. The van der Waals surface area contributed by atoms with Gasteiger partial charge in [0.25, 0.3) is 0 Å². The molecule has 0 aromatic carbocycles. The Hall–Kier alpha value is -0.870. The van der Waals surface area contributed by atoms with Gasteiger partial charge in [-0.15, -0.1) is 6.58 Å². The van der Waals surface area contributed by atoms with Crippen molar-refractivity contribution >= 4 is 5.91 Å². The number of hydrogen-bond donors (Lipinski definition) is 2. The Labute approximate surface area is 103 Å². The molecule has 4 nitrogen and oxygen atoms in total.